The number of carbonyl (C=O) groups excluding carboxylic acids is 3. The molecule has 0 bridgehead atoms. The highest BCUT2D eigenvalue weighted by atomic mass is 35.5. The summed E-state index contributed by atoms with van der Waals surface area (Å²) in [5.74, 6) is -0.430. The van der Waals surface area contributed by atoms with Crippen molar-refractivity contribution >= 4 is 40.9 Å². The van der Waals surface area contributed by atoms with Crippen molar-refractivity contribution in [2.75, 3.05) is 13.1 Å². The van der Waals surface area contributed by atoms with Gasteiger partial charge in [0.05, 0.1) is 5.02 Å². The van der Waals surface area contributed by atoms with Crippen LogP contribution in [0.1, 0.15) is 58.6 Å². The number of rotatable bonds is 4. The van der Waals surface area contributed by atoms with Gasteiger partial charge in [-0.05, 0) is 67.1 Å². The minimum atomic E-state index is -0.585. The first-order valence-electron chi connectivity index (χ1n) is 11.2. The van der Waals surface area contributed by atoms with Gasteiger partial charge < -0.3 is 4.90 Å². The van der Waals surface area contributed by atoms with Crippen LogP contribution < -0.4 is 5.32 Å². The Balaban J connectivity index is 1.22. The number of imide groups is 1. The molecule has 0 aliphatic carbocycles. The third-order valence-electron chi connectivity index (χ3n) is 6.90. The predicted octanol–water partition coefficient (Wildman–Crippen LogP) is 3.53. The molecule has 3 aliphatic heterocycles. The molecule has 2 aromatic rings. The second-order valence-electron chi connectivity index (χ2n) is 8.95. The molecule has 1 unspecified atom stereocenters. The molecule has 1 aromatic heterocycles. The standard InChI is InChI=1S/C24H24Cl2N4O3/c25-21-17(5-8-27-22(21)26)15-6-9-29(10-7-15)12-14-1-2-18-16(11-14)13-30(24(18)33)19-3-4-20(31)28-23(19)32/h1-2,5,8,11,15,19H,3-4,6-7,9-10,12-13H2,(H,28,31,32). The Bertz CT molecular complexity index is 1130. The molecule has 1 atom stereocenters. The highest BCUT2D eigenvalue weighted by molar-refractivity contribution is 6.41. The van der Waals surface area contributed by atoms with Crippen molar-refractivity contribution in [2.24, 2.45) is 0 Å². The Morgan fingerprint density at radius 3 is 2.61 bits per heavy atom. The second kappa shape index (κ2) is 9.05. The molecule has 1 aromatic carbocycles. The van der Waals surface area contributed by atoms with Crippen molar-refractivity contribution < 1.29 is 14.4 Å². The topological polar surface area (TPSA) is 82.6 Å². The fourth-order valence-electron chi connectivity index (χ4n) is 5.13. The number of aromatic nitrogens is 1. The first-order valence-corrected chi connectivity index (χ1v) is 11.9. The number of halogens is 2. The molecule has 172 valence electrons. The number of fused-ring (bicyclic) bond motifs is 1. The molecule has 3 amide bonds. The van der Waals surface area contributed by atoms with E-state index in [0.29, 0.717) is 34.6 Å². The lowest BCUT2D eigenvalue weighted by Gasteiger charge is -2.32. The molecule has 2 saturated heterocycles. The molecule has 2 fully saturated rings. The zero-order valence-corrected chi connectivity index (χ0v) is 19.5. The van der Waals surface area contributed by atoms with Crippen molar-refractivity contribution in [3.05, 3.63) is 62.9 Å². The van der Waals surface area contributed by atoms with E-state index in [1.165, 1.54) is 0 Å². The van der Waals surface area contributed by atoms with Crippen LogP contribution in [0.5, 0.6) is 0 Å². The lowest BCUT2D eigenvalue weighted by molar-refractivity contribution is -0.136. The Morgan fingerprint density at radius 1 is 1.06 bits per heavy atom. The number of hydrogen-bond acceptors (Lipinski definition) is 5. The Morgan fingerprint density at radius 2 is 1.85 bits per heavy atom. The van der Waals surface area contributed by atoms with E-state index < -0.39 is 6.04 Å². The van der Waals surface area contributed by atoms with Gasteiger partial charge in [0.15, 0.2) is 0 Å². The minimum Gasteiger partial charge on any atom is -0.322 e. The van der Waals surface area contributed by atoms with E-state index in [4.69, 9.17) is 23.2 Å². The number of nitrogens with zero attached hydrogens (tertiary/aromatic N) is 3. The van der Waals surface area contributed by atoms with E-state index >= 15 is 0 Å². The smallest absolute Gasteiger partial charge is 0.255 e. The van der Waals surface area contributed by atoms with Crippen molar-refractivity contribution in [3.8, 4) is 0 Å². The van der Waals surface area contributed by atoms with Crippen LogP contribution in [0.2, 0.25) is 10.2 Å². The Labute approximate surface area is 202 Å². The molecular weight excluding hydrogens is 463 g/mol. The van der Waals surface area contributed by atoms with Crippen LogP contribution in [0.4, 0.5) is 0 Å². The molecule has 0 saturated carbocycles. The van der Waals surface area contributed by atoms with Crippen molar-refractivity contribution in [1.29, 1.82) is 0 Å². The SMILES string of the molecule is O=C1CCC(N2Cc3cc(CN4CCC(c5ccnc(Cl)c5Cl)CC4)ccc3C2=O)C(=O)N1. The van der Waals surface area contributed by atoms with Crippen molar-refractivity contribution in [1.82, 2.24) is 20.1 Å². The summed E-state index contributed by atoms with van der Waals surface area (Å²) in [4.78, 5) is 44.6. The van der Waals surface area contributed by atoms with Gasteiger partial charge in [0.25, 0.3) is 5.91 Å². The molecule has 3 aliphatic rings. The Kier molecular flexibility index (Phi) is 6.12. The molecule has 5 rings (SSSR count). The van der Waals surface area contributed by atoms with E-state index in [-0.39, 0.29) is 24.1 Å². The molecule has 33 heavy (non-hydrogen) atoms. The number of likely N-dealkylation sites (tertiary alicyclic amines) is 1. The van der Waals surface area contributed by atoms with Crippen LogP contribution in [0.15, 0.2) is 30.5 Å². The summed E-state index contributed by atoms with van der Waals surface area (Å²) in [7, 11) is 0. The molecule has 7 nitrogen and oxygen atoms in total. The summed E-state index contributed by atoms with van der Waals surface area (Å²) in [5, 5.41) is 3.26. The summed E-state index contributed by atoms with van der Waals surface area (Å²) in [6, 6.07) is 7.31. The van der Waals surface area contributed by atoms with Crippen LogP contribution >= 0.6 is 23.2 Å². The number of nitrogens with one attached hydrogen (secondary N) is 1. The Hall–Kier alpha value is -2.48. The van der Waals surface area contributed by atoms with Crippen LogP contribution in [0.3, 0.4) is 0 Å². The maximum atomic E-state index is 12.9. The number of pyridine rings is 1. The average molecular weight is 487 g/mol. The third-order valence-corrected chi connectivity index (χ3v) is 7.68. The van der Waals surface area contributed by atoms with Crippen LogP contribution in [0.25, 0.3) is 0 Å². The number of benzene rings is 1. The van der Waals surface area contributed by atoms with Gasteiger partial charge in [-0.3, -0.25) is 24.6 Å². The molecular formula is C24H24Cl2N4O3. The molecule has 0 spiro atoms. The fraction of sp³-hybridized carbons (Fsp3) is 0.417. The summed E-state index contributed by atoms with van der Waals surface area (Å²) in [6.45, 7) is 3.09. The maximum Gasteiger partial charge on any atom is 0.255 e. The normalized spacial score (nSPS) is 21.9. The molecule has 4 heterocycles. The van der Waals surface area contributed by atoms with Crippen LogP contribution in [-0.2, 0) is 22.7 Å². The molecule has 0 radical (unpaired) electrons. The monoisotopic (exact) mass is 486 g/mol. The van der Waals surface area contributed by atoms with Gasteiger partial charge in [-0.1, -0.05) is 35.3 Å². The van der Waals surface area contributed by atoms with Gasteiger partial charge in [0, 0.05) is 31.3 Å². The predicted molar refractivity (Wildman–Crippen MR) is 124 cm³/mol. The zero-order chi connectivity index (χ0) is 23.1. The number of piperidine rings is 2. The van der Waals surface area contributed by atoms with Gasteiger partial charge in [-0.25, -0.2) is 4.98 Å². The van der Waals surface area contributed by atoms with Gasteiger partial charge in [-0.2, -0.15) is 0 Å². The first kappa shape index (κ1) is 22.3. The van der Waals surface area contributed by atoms with E-state index in [2.05, 4.69) is 21.3 Å². The zero-order valence-electron chi connectivity index (χ0n) is 18.0. The largest absolute Gasteiger partial charge is 0.322 e. The number of amides is 3. The molecule has 1 N–H and O–H groups in total. The quantitative estimate of drug-likeness (QED) is 0.527. The highest BCUT2D eigenvalue weighted by Gasteiger charge is 2.39. The summed E-state index contributed by atoms with van der Waals surface area (Å²) < 4.78 is 0. The van der Waals surface area contributed by atoms with E-state index in [1.54, 1.807) is 11.1 Å². The van der Waals surface area contributed by atoms with Gasteiger partial charge in [0.2, 0.25) is 11.8 Å². The number of carbonyl (C=O) groups is 3. The maximum absolute atomic E-state index is 12.9. The van der Waals surface area contributed by atoms with Gasteiger partial charge in [-0.15, -0.1) is 0 Å². The summed E-state index contributed by atoms with van der Waals surface area (Å²) in [5.41, 5.74) is 3.80. The summed E-state index contributed by atoms with van der Waals surface area (Å²) >= 11 is 12.4. The van der Waals surface area contributed by atoms with Crippen LogP contribution in [-0.4, -0.2) is 51.6 Å². The first-order chi connectivity index (χ1) is 15.9. The van der Waals surface area contributed by atoms with E-state index in [9.17, 15) is 14.4 Å². The van der Waals surface area contributed by atoms with E-state index in [1.807, 2.05) is 18.2 Å². The van der Waals surface area contributed by atoms with Gasteiger partial charge >= 0.3 is 0 Å². The highest BCUT2D eigenvalue weighted by Crippen LogP contribution is 2.36. The second-order valence-corrected chi connectivity index (χ2v) is 9.68. The number of hydrogen-bond donors (Lipinski definition) is 1. The lowest BCUT2D eigenvalue weighted by atomic mass is 9.90. The van der Waals surface area contributed by atoms with E-state index in [0.717, 1.165) is 49.2 Å². The lowest BCUT2D eigenvalue weighted by Crippen LogP contribution is -2.52. The minimum absolute atomic E-state index is 0.139. The van der Waals surface area contributed by atoms with Crippen molar-refractivity contribution in [3.63, 3.8) is 0 Å². The van der Waals surface area contributed by atoms with Crippen LogP contribution in [0, 0.1) is 0 Å². The van der Waals surface area contributed by atoms with Crippen molar-refractivity contribution in [2.45, 2.75) is 50.7 Å². The average Bonchev–Trinajstić information content (AvgIpc) is 3.12. The van der Waals surface area contributed by atoms with Gasteiger partial charge in [0.1, 0.15) is 11.2 Å². The third kappa shape index (κ3) is 4.37. The fourth-order valence-corrected chi connectivity index (χ4v) is 5.57. The summed E-state index contributed by atoms with van der Waals surface area (Å²) in [6.07, 6.45) is 4.33. The molecule has 9 heteroatoms.